The van der Waals surface area contributed by atoms with Gasteiger partial charge in [0.1, 0.15) is 11.4 Å². The van der Waals surface area contributed by atoms with E-state index in [1.807, 2.05) is 57.1 Å². The van der Waals surface area contributed by atoms with Crippen molar-refractivity contribution in [1.82, 2.24) is 14.5 Å². The summed E-state index contributed by atoms with van der Waals surface area (Å²) in [6.45, 7) is 4.38. The minimum Gasteiger partial charge on any atom is -0.378 e. The summed E-state index contributed by atoms with van der Waals surface area (Å²) in [4.78, 5) is 35.2. The lowest BCUT2D eigenvalue weighted by atomic mass is 10.2. The van der Waals surface area contributed by atoms with Crippen LogP contribution in [0.15, 0.2) is 35.4 Å². The quantitative estimate of drug-likeness (QED) is 0.679. The second kappa shape index (κ2) is 7.52. The molecule has 0 aliphatic carbocycles. The molecule has 27 heavy (non-hydrogen) atoms. The van der Waals surface area contributed by atoms with Crippen LogP contribution in [0.3, 0.4) is 0 Å². The first kappa shape index (κ1) is 19.1. The Kier molecular flexibility index (Phi) is 5.32. The highest BCUT2D eigenvalue weighted by molar-refractivity contribution is 7.18. The van der Waals surface area contributed by atoms with E-state index in [9.17, 15) is 9.59 Å². The number of carbonyl (C=O) groups is 1. The second-order valence-corrected chi connectivity index (χ2v) is 8.15. The van der Waals surface area contributed by atoms with Crippen LogP contribution in [0.2, 0.25) is 0 Å². The molecule has 7 heteroatoms. The van der Waals surface area contributed by atoms with E-state index in [1.165, 1.54) is 22.2 Å². The third-order valence-electron chi connectivity index (χ3n) is 4.76. The molecule has 6 nitrogen and oxygen atoms in total. The summed E-state index contributed by atoms with van der Waals surface area (Å²) in [5, 5.41) is 0.620. The summed E-state index contributed by atoms with van der Waals surface area (Å²) in [5.41, 5.74) is 2.95. The minimum absolute atomic E-state index is 0.0115. The average Bonchev–Trinajstić information content (AvgIpc) is 2.92. The van der Waals surface area contributed by atoms with Crippen LogP contribution in [0.1, 0.15) is 16.0 Å². The first-order chi connectivity index (χ1) is 12.8. The number of fused-ring (bicyclic) bond motifs is 1. The minimum atomic E-state index is -0.154. The number of aryl methyl sites for hydroxylation is 2. The van der Waals surface area contributed by atoms with E-state index in [4.69, 9.17) is 0 Å². The van der Waals surface area contributed by atoms with Crippen molar-refractivity contribution in [2.24, 2.45) is 0 Å². The molecule has 0 atom stereocenters. The molecule has 0 radical (unpaired) electrons. The zero-order valence-electron chi connectivity index (χ0n) is 16.3. The van der Waals surface area contributed by atoms with E-state index in [0.29, 0.717) is 11.9 Å². The molecule has 1 aromatic carbocycles. The Labute approximate surface area is 162 Å². The fraction of sp³-hybridized carbons (Fsp3) is 0.350. The number of hydrogen-bond donors (Lipinski definition) is 0. The maximum atomic E-state index is 12.7. The predicted molar refractivity (Wildman–Crippen MR) is 111 cm³/mol. The normalized spacial score (nSPS) is 11.0. The van der Waals surface area contributed by atoms with Crippen molar-refractivity contribution in [3.8, 4) is 0 Å². The lowest BCUT2D eigenvalue weighted by Crippen LogP contribution is -2.33. The standard InChI is InChI=1S/C20H24N4O2S/c1-13-14(2)27-19-18(13)20(26)24(12-21-19)11-17(25)23(5)10-15-6-8-16(9-7-15)22(3)4/h6-9,12H,10-11H2,1-5H3. The second-order valence-electron chi connectivity index (χ2n) is 6.95. The molecular weight excluding hydrogens is 360 g/mol. The van der Waals surface area contributed by atoms with Crippen molar-refractivity contribution in [3.05, 3.63) is 57.0 Å². The fourth-order valence-corrected chi connectivity index (χ4v) is 3.90. The molecule has 0 aliphatic heterocycles. The summed E-state index contributed by atoms with van der Waals surface area (Å²) in [7, 11) is 5.73. The number of anilines is 1. The third kappa shape index (κ3) is 3.88. The van der Waals surface area contributed by atoms with Gasteiger partial charge in [0.25, 0.3) is 5.56 Å². The summed E-state index contributed by atoms with van der Waals surface area (Å²) in [5.74, 6) is -0.125. The molecule has 2 aromatic heterocycles. The van der Waals surface area contributed by atoms with Gasteiger partial charge in [-0.05, 0) is 37.1 Å². The molecule has 142 valence electrons. The van der Waals surface area contributed by atoms with Crippen LogP contribution in [0.25, 0.3) is 10.2 Å². The van der Waals surface area contributed by atoms with Crippen molar-refractivity contribution in [2.45, 2.75) is 26.9 Å². The van der Waals surface area contributed by atoms with Crippen LogP contribution < -0.4 is 10.5 Å². The number of amides is 1. The van der Waals surface area contributed by atoms with Crippen LogP contribution in [0.4, 0.5) is 5.69 Å². The Morgan fingerprint density at radius 2 is 1.81 bits per heavy atom. The molecule has 0 spiro atoms. The molecule has 0 fully saturated rings. The van der Waals surface area contributed by atoms with Gasteiger partial charge in [0.2, 0.25) is 5.91 Å². The van der Waals surface area contributed by atoms with Crippen molar-refractivity contribution < 1.29 is 4.79 Å². The Morgan fingerprint density at radius 1 is 1.15 bits per heavy atom. The molecule has 0 unspecified atom stereocenters. The van der Waals surface area contributed by atoms with Gasteiger partial charge in [0, 0.05) is 38.3 Å². The van der Waals surface area contributed by atoms with Crippen LogP contribution in [0.5, 0.6) is 0 Å². The monoisotopic (exact) mass is 384 g/mol. The van der Waals surface area contributed by atoms with Gasteiger partial charge in [-0.3, -0.25) is 14.2 Å². The number of thiophene rings is 1. The Bertz CT molecular complexity index is 1030. The summed E-state index contributed by atoms with van der Waals surface area (Å²) in [6.07, 6.45) is 1.47. The van der Waals surface area contributed by atoms with Crippen LogP contribution >= 0.6 is 11.3 Å². The molecule has 0 saturated carbocycles. The molecule has 0 saturated heterocycles. The first-order valence-corrected chi connectivity index (χ1v) is 9.55. The van der Waals surface area contributed by atoms with Gasteiger partial charge in [0.05, 0.1) is 11.7 Å². The SMILES string of the molecule is Cc1sc2ncn(CC(=O)N(C)Cc3ccc(N(C)C)cc3)c(=O)c2c1C. The topological polar surface area (TPSA) is 58.4 Å². The van der Waals surface area contributed by atoms with Gasteiger partial charge in [-0.2, -0.15) is 0 Å². The van der Waals surface area contributed by atoms with E-state index in [0.717, 1.165) is 26.5 Å². The highest BCUT2D eigenvalue weighted by atomic mass is 32.1. The van der Waals surface area contributed by atoms with Gasteiger partial charge in [-0.1, -0.05) is 12.1 Å². The fourth-order valence-electron chi connectivity index (χ4n) is 2.91. The highest BCUT2D eigenvalue weighted by Crippen LogP contribution is 2.25. The number of nitrogens with zero attached hydrogens (tertiary/aromatic N) is 4. The predicted octanol–water partition coefficient (Wildman–Crippen LogP) is 2.80. The van der Waals surface area contributed by atoms with Gasteiger partial charge in [-0.15, -0.1) is 11.3 Å². The largest absolute Gasteiger partial charge is 0.378 e. The maximum absolute atomic E-state index is 12.7. The lowest BCUT2D eigenvalue weighted by molar-refractivity contribution is -0.131. The number of hydrogen-bond acceptors (Lipinski definition) is 5. The number of carbonyl (C=O) groups excluding carboxylic acids is 1. The lowest BCUT2D eigenvalue weighted by Gasteiger charge is -2.19. The van der Waals surface area contributed by atoms with Crippen molar-refractivity contribution in [3.63, 3.8) is 0 Å². The van der Waals surface area contributed by atoms with Gasteiger partial charge in [0.15, 0.2) is 0 Å². The summed E-state index contributed by atoms with van der Waals surface area (Å²) in [6, 6.07) is 8.07. The highest BCUT2D eigenvalue weighted by Gasteiger charge is 2.15. The smallest absolute Gasteiger partial charge is 0.262 e. The molecule has 0 aliphatic rings. The van der Waals surface area contributed by atoms with E-state index < -0.39 is 0 Å². The first-order valence-electron chi connectivity index (χ1n) is 8.73. The maximum Gasteiger partial charge on any atom is 0.262 e. The molecule has 3 rings (SSSR count). The van der Waals surface area contributed by atoms with Crippen LogP contribution in [-0.4, -0.2) is 41.5 Å². The van der Waals surface area contributed by atoms with E-state index in [1.54, 1.807) is 11.9 Å². The summed E-state index contributed by atoms with van der Waals surface area (Å²) >= 11 is 1.51. The molecule has 3 aromatic rings. The molecule has 1 amide bonds. The Hall–Kier alpha value is -2.67. The van der Waals surface area contributed by atoms with Crippen molar-refractivity contribution in [2.75, 3.05) is 26.0 Å². The van der Waals surface area contributed by atoms with Crippen LogP contribution in [-0.2, 0) is 17.9 Å². The Morgan fingerprint density at radius 3 is 2.44 bits per heavy atom. The van der Waals surface area contributed by atoms with E-state index >= 15 is 0 Å². The van der Waals surface area contributed by atoms with Gasteiger partial charge < -0.3 is 9.80 Å². The van der Waals surface area contributed by atoms with Gasteiger partial charge >= 0.3 is 0 Å². The molecule has 2 heterocycles. The van der Waals surface area contributed by atoms with E-state index in [2.05, 4.69) is 4.98 Å². The third-order valence-corrected chi connectivity index (χ3v) is 5.87. The van der Waals surface area contributed by atoms with Crippen molar-refractivity contribution in [1.29, 1.82) is 0 Å². The zero-order valence-corrected chi connectivity index (χ0v) is 17.1. The molecule has 0 bridgehead atoms. The zero-order chi connectivity index (χ0) is 19.7. The molecular formula is C20H24N4O2S. The summed E-state index contributed by atoms with van der Waals surface area (Å²) < 4.78 is 1.40. The van der Waals surface area contributed by atoms with Crippen LogP contribution in [0, 0.1) is 13.8 Å². The van der Waals surface area contributed by atoms with Gasteiger partial charge in [-0.25, -0.2) is 4.98 Å². The Balaban J connectivity index is 1.74. The molecule has 0 N–H and O–H groups in total. The number of rotatable bonds is 5. The number of aromatic nitrogens is 2. The number of likely N-dealkylation sites (N-methyl/N-ethyl adjacent to an activating group) is 1. The number of benzene rings is 1. The average molecular weight is 385 g/mol. The van der Waals surface area contributed by atoms with Crippen molar-refractivity contribution >= 4 is 33.1 Å². The van der Waals surface area contributed by atoms with E-state index in [-0.39, 0.29) is 18.0 Å².